The van der Waals surface area contributed by atoms with Gasteiger partial charge in [0, 0.05) is 11.1 Å². The monoisotopic (exact) mass is 335 g/mol. The second-order valence-corrected chi connectivity index (χ2v) is 7.33. The Morgan fingerprint density at radius 2 is 2.04 bits per heavy atom. The fourth-order valence-corrected chi connectivity index (χ4v) is 3.36. The molecule has 0 saturated carbocycles. The molecule has 0 bridgehead atoms. The van der Waals surface area contributed by atoms with Crippen LogP contribution in [0.3, 0.4) is 0 Å². The number of nitrogens with zero attached hydrogens (tertiary/aromatic N) is 1. The van der Waals surface area contributed by atoms with Gasteiger partial charge in [0.1, 0.15) is 5.75 Å². The average molecular weight is 335 g/mol. The van der Waals surface area contributed by atoms with Gasteiger partial charge in [0.2, 0.25) is 0 Å². The van der Waals surface area contributed by atoms with Crippen LogP contribution in [-0.4, -0.2) is 22.7 Å². The molecule has 5 heteroatoms. The van der Waals surface area contributed by atoms with E-state index in [1.54, 1.807) is 0 Å². The number of aryl methyl sites for hydroxylation is 1. The molecule has 0 spiro atoms. The number of hydrogen-bond acceptors (Lipinski definition) is 3. The van der Waals surface area contributed by atoms with Crippen LogP contribution in [0.5, 0.6) is 5.75 Å². The number of nitrogens with one attached hydrogen (secondary N) is 2. The van der Waals surface area contributed by atoms with Crippen LogP contribution in [0.15, 0.2) is 36.4 Å². The number of hydrogen-bond donors (Lipinski definition) is 2. The second kappa shape index (κ2) is 5.62. The zero-order chi connectivity index (χ0) is 17.6. The van der Waals surface area contributed by atoms with Gasteiger partial charge in [-0.3, -0.25) is 9.89 Å². The second-order valence-electron chi connectivity index (χ2n) is 7.33. The molecule has 4 rings (SSSR count). The molecule has 0 fully saturated rings. The standard InChI is InChI=1S/C20H21N3O2/c1-12-4-6-14-15(8-12)22-23-17(14)10-20(2,3)13-5-7-18-16(9-13)21-19(24)11-25-18/h4-9H,10-11H2,1-3H3,(H,21,24)(H,22,23). The van der Waals surface area contributed by atoms with Crippen molar-refractivity contribution < 1.29 is 9.53 Å². The van der Waals surface area contributed by atoms with Crippen molar-refractivity contribution >= 4 is 22.5 Å². The van der Waals surface area contributed by atoms with E-state index in [0.717, 1.165) is 40.0 Å². The highest BCUT2D eigenvalue weighted by molar-refractivity contribution is 5.95. The van der Waals surface area contributed by atoms with Gasteiger partial charge in [0.15, 0.2) is 6.61 Å². The first kappa shape index (κ1) is 15.7. The molecule has 0 radical (unpaired) electrons. The van der Waals surface area contributed by atoms with Gasteiger partial charge in [0.25, 0.3) is 5.91 Å². The number of carbonyl (C=O) groups is 1. The molecule has 3 aromatic rings. The van der Waals surface area contributed by atoms with Crippen molar-refractivity contribution in [2.75, 3.05) is 11.9 Å². The minimum absolute atomic E-state index is 0.0787. The Kier molecular flexibility index (Phi) is 3.53. The topological polar surface area (TPSA) is 67.0 Å². The summed E-state index contributed by atoms with van der Waals surface area (Å²) in [5.41, 5.74) is 5.09. The van der Waals surface area contributed by atoms with Crippen LogP contribution in [0.1, 0.15) is 30.7 Å². The summed E-state index contributed by atoms with van der Waals surface area (Å²) < 4.78 is 5.45. The van der Waals surface area contributed by atoms with E-state index in [2.05, 4.69) is 60.6 Å². The molecular formula is C20H21N3O2. The number of H-pyrrole nitrogens is 1. The zero-order valence-corrected chi connectivity index (χ0v) is 14.6. The summed E-state index contributed by atoms with van der Waals surface area (Å²) in [6.07, 6.45) is 0.820. The number of anilines is 1. The predicted octanol–water partition coefficient (Wildman–Crippen LogP) is 3.72. The Labute approximate surface area is 146 Å². The Bertz CT molecular complexity index is 972. The predicted molar refractivity (Wildman–Crippen MR) is 98.1 cm³/mol. The van der Waals surface area contributed by atoms with Gasteiger partial charge in [0.05, 0.1) is 11.2 Å². The minimum atomic E-state index is -0.123. The maximum atomic E-state index is 11.6. The first-order valence-corrected chi connectivity index (χ1v) is 8.43. The lowest BCUT2D eigenvalue weighted by molar-refractivity contribution is -0.118. The van der Waals surface area contributed by atoms with Gasteiger partial charge in [-0.2, -0.15) is 5.10 Å². The molecule has 1 aromatic heterocycles. The molecule has 0 atom stereocenters. The maximum Gasteiger partial charge on any atom is 0.262 e. The summed E-state index contributed by atoms with van der Waals surface area (Å²) >= 11 is 0. The van der Waals surface area contributed by atoms with Gasteiger partial charge in [-0.15, -0.1) is 0 Å². The summed E-state index contributed by atoms with van der Waals surface area (Å²) in [7, 11) is 0. The van der Waals surface area contributed by atoms with E-state index in [0.29, 0.717) is 0 Å². The van der Waals surface area contributed by atoms with Crippen LogP contribution in [0, 0.1) is 6.92 Å². The molecule has 2 aromatic carbocycles. The largest absolute Gasteiger partial charge is 0.482 e. The molecule has 2 N–H and O–H groups in total. The molecule has 0 aliphatic carbocycles. The zero-order valence-electron chi connectivity index (χ0n) is 14.6. The third-order valence-corrected chi connectivity index (χ3v) is 4.80. The number of benzene rings is 2. The molecule has 1 aliphatic heterocycles. The highest BCUT2D eigenvalue weighted by Crippen LogP contribution is 2.35. The first-order chi connectivity index (χ1) is 11.9. The highest BCUT2D eigenvalue weighted by Gasteiger charge is 2.26. The van der Waals surface area contributed by atoms with Crippen molar-refractivity contribution in [2.24, 2.45) is 0 Å². The molecule has 128 valence electrons. The molecular weight excluding hydrogens is 314 g/mol. The van der Waals surface area contributed by atoms with Crippen LogP contribution in [-0.2, 0) is 16.6 Å². The van der Waals surface area contributed by atoms with Gasteiger partial charge in [-0.1, -0.05) is 32.0 Å². The summed E-state index contributed by atoms with van der Waals surface area (Å²) in [4.78, 5) is 11.6. The third kappa shape index (κ3) is 2.86. The molecule has 2 heterocycles. The molecule has 0 unspecified atom stereocenters. The quantitative estimate of drug-likeness (QED) is 0.766. The highest BCUT2D eigenvalue weighted by atomic mass is 16.5. The van der Waals surface area contributed by atoms with E-state index in [4.69, 9.17) is 4.74 Å². The summed E-state index contributed by atoms with van der Waals surface area (Å²) in [6, 6.07) is 12.3. The number of amides is 1. The molecule has 25 heavy (non-hydrogen) atoms. The van der Waals surface area contributed by atoms with Crippen LogP contribution >= 0.6 is 0 Å². The van der Waals surface area contributed by atoms with Crippen LogP contribution in [0.2, 0.25) is 0 Å². The fraction of sp³-hybridized carbons (Fsp3) is 0.300. The van der Waals surface area contributed by atoms with Crippen LogP contribution in [0.25, 0.3) is 10.9 Å². The fourth-order valence-electron chi connectivity index (χ4n) is 3.36. The summed E-state index contributed by atoms with van der Waals surface area (Å²) in [5, 5.41) is 11.7. The number of ether oxygens (including phenoxy) is 1. The van der Waals surface area contributed by atoms with Gasteiger partial charge >= 0.3 is 0 Å². The van der Waals surface area contributed by atoms with E-state index >= 15 is 0 Å². The molecule has 1 aliphatic rings. The Morgan fingerprint density at radius 3 is 2.88 bits per heavy atom. The number of aromatic nitrogens is 2. The van der Waals surface area contributed by atoms with Gasteiger partial charge < -0.3 is 10.1 Å². The SMILES string of the molecule is Cc1ccc2c(CC(C)(C)c3ccc4c(c3)NC(=O)CO4)[nH]nc2c1. The minimum Gasteiger partial charge on any atom is -0.482 e. The number of fused-ring (bicyclic) bond motifs is 2. The van der Waals surface area contributed by atoms with Crippen molar-refractivity contribution in [3.05, 3.63) is 53.2 Å². The molecule has 5 nitrogen and oxygen atoms in total. The summed E-state index contributed by atoms with van der Waals surface area (Å²) in [6.45, 7) is 6.54. The lowest BCUT2D eigenvalue weighted by Gasteiger charge is -2.27. The average Bonchev–Trinajstić information content (AvgIpc) is 2.95. The van der Waals surface area contributed by atoms with Crippen LogP contribution in [0.4, 0.5) is 5.69 Å². The maximum absolute atomic E-state index is 11.6. The van der Waals surface area contributed by atoms with E-state index in [9.17, 15) is 4.79 Å². The van der Waals surface area contributed by atoms with E-state index in [-0.39, 0.29) is 17.9 Å². The van der Waals surface area contributed by atoms with E-state index in [1.165, 1.54) is 5.56 Å². The number of aromatic amines is 1. The van der Waals surface area contributed by atoms with Crippen molar-refractivity contribution in [3.63, 3.8) is 0 Å². The Hall–Kier alpha value is -2.82. The van der Waals surface area contributed by atoms with Crippen molar-refractivity contribution in [2.45, 2.75) is 32.6 Å². The van der Waals surface area contributed by atoms with Crippen molar-refractivity contribution in [1.82, 2.24) is 10.2 Å². The Morgan fingerprint density at radius 1 is 1.20 bits per heavy atom. The van der Waals surface area contributed by atoms with E-state index in [1.807, 2.05) is 12.1 Å². The Balaban J connectivity index is 1.67. The molecule has 1 amide bonds. The number of rotatable bonds is 3. The number of carbonyl (C=O) groups excluding carboxylic acids is 1. The lowest BCUT2D eigenvalue weighted by atomic mass is 9.79. The van der Waals surface area contributed by atoms with E-state index < -0.39 is 0 Å². The summed E-state index contributed by atoms with van der Waals surface area (Å²) in [5.74, 6) is 0.610. The van der Waals surface area contributed by atoms with Gasteiger partial charge in [-0.25, -0.2) is 0 Å². The van der Waals surface area contributed by atoms with Crippen LogP contribution < -0.4 is 10.1 Å². The third-order valence-electron chi connectivity index (χ3n) is 4.80. The first-order valence-electron chi connectivity index (χ1n) is 8.43. The van der Waals surface area contributed by atoms with Crippen molar-refractivity contribution in [1.29, 1.82) is 0 Å². The van der Waals surface area contributed by atoms with Gasteiger partial charge in [-0.05, 0) is 48.1 Å². The lowest BCUT2D eigenvalue weighted by Crippen LogP contribution is -2.27. The molecule has 0 saturated heterocycles. The van der Waals surface area contributed by atoms with Crippen molar-refractivity contribution in [3.8, 4) is 5.75 Å². The normalized spacial score (nSPS) is 14.1. The smallest absolute Gasteiger partial charge is 0.262 e.